The Morgan fingerprint density at radius 2 is 2.12 bits per heavy atom. The summed E-state index contributed by atoms with van der Waals surface area (Å²) in [6, 6.07) is 4.35. The van der Waals surface area contributed by atoms with Gasteiger partial charge in [-0.1, -0.05) is 12.1 Å². The molecule has 1 aromatic carbocycles. The number of rotatable bonds is 6. The Labute approximate surface area is 94.6 Å². The largest absolute Gasteiger partial charge is 0.385 e. The molecule has 0 heterocycles. The molecule has 4 heteroatoms. The van der Waals surface area contributed by atoms with Crippen LogP contribution >= 0.6 is 0 Å². The van der Waals surface area contributed by atoms with Crippen LogP contribution in [0.4, 0.5) is 8.78 Å². The average molecular weight is 229 g/mol. The molecule has 16 heavy (non-hydrogen) atoms. The quantitative estimate of drug-likeness (QED) is 0.807. The lowest BCUT2D eigenvalue weighted by Crippen LogP contribution is -2.29. The van der Waals surface area contributed by atoms with E-state index in [0.29, 0.717) is 18.6 Å². The molecule has 0 aliphatic carbocycles. The Bertz CT molecular complexity index is 331. The number of halogens is 2. The molecule has 2 nitrogen and oxygen atoms in total. The summed E-state index contributed by atoms with van der Waals surface area (Å²) >= 11 is 0. The molecule has 0 bridgehead atoms. The van der Waals surface area contributed by atoms with E-state index in [1.807, 2.05) is 0 Å². The summed E-state index contributed by atoms with van der Waals surface area (Å²) in [6.45, 7) is 0.600. The van der Waals surface area contributed by atoms with Gasteiger partial charge in [0.05, 0.1) is 0 Å². The normalized spacial score (nSPS) is 12.8. The van der Waals surface area contributed by atoms with Crippen molar-refractivity contribution in [2.75, 3.05) is 20.8 Å². The van der Waals surface area contributed by atoms with E-state index in [1.165, 1.54) is 6.07 Å². The molecule has 1 N–H and O–H groups in total. The molecule has 1 unspecified atom stereocenters. The third-order valence-electron chi connectivity index (χ3n) is 2.58. The molecular weight excluding hydrogens is 212 g/mol. The highest BCUT2D eigenvalue weighted by Crippen LogP contribution is 2.14. The Balaban J connectivity index is 2.66. The number of benzene rings is 1. The lowest BCUT2D eigenvalue weighted by atomic mass is 10.0. The second-order valence-corrected chi connectivity index (χ2v) is 3.68. The fourth-order valence-corrected chi connectivity index (χ4v) is 1.58. The minimum absolute atomic E-state index is 0.0938. The number of likely N-dealkylation sites (N-methyl/N-ethyl adjacent to an activating group) is 1. The van der Waals surface area contributed by atoms with E-state index in [-0.39, 0.29) is 6.04 Å². The maximum Gasteiger partial charge on any atom is 0.162 e. The van der Waals surface area contributed by atoms with Gasteiger partial charge in [0.1, 0.15) is 0 Å². The Morgan fingerprint density at radius 3 is 2.75 bits per heavy atom. The zero-order chi connectivity index (χ0) is 12.0. The second kappa shape index (κ2) is 6.55. The van der Waals surface area contributed by atoms with E-state index in [2.05, 4.69) is 5.32 Å². The van der Waals surface area contributed by atoms with Gasteiger partial charge >= 0.3 is 0 Å². The molecule has 0 amide bonds. The van der Waals surface area contributed by atoms with Gasteiger partial charge in [-0.25, -0.2) is 8.78 Å². The standard InChI is InChI=1S/C12H17F2NO/c1-15-10(6-7-16-2)8-9-4-3-5-11(13)12(9)14/h3-5,10,15H,6-8H2,1-2H3. The van der Waals surface area contributed by atoms with Crippen LogP contribution in [-0.4, -0.2) is 26.8 Å². The summed E-state index contributed by atoms with van der Waals surface area (Å²) in [4.78, 5) is 0. The van der Waals surface area contributed by atoms with Crippen molar-refractivity contribution in [3.8, 4) is 0 Å². The molecule has 90 valence electrons. The first kappa shape index (κ1) is 13.1. The first-order chi connectivity index (χ1) is 7.69. The average Bonchev–Trinajstić information content (AvgIpc) is 2.30. The smallest absolute Gasteiger partial charge is 0.162 e. The highest BCUT2D eigenvalue weighted by atomic mass is 19.2. The summed E-state index contributed by atoms with van der Waals surface area (Å²) in [6.07, 6.45) is 1.23. The van der Waals surface area contributed by atoms with Crippen LogP contribution in [0.15, 0.2) is 18.2 Å². The summed E-state index contributed by atoms with van der Waals surface area (Å²) in [5, 5.41) is 3.06. The van der Waals surface area contributed by atoms with Crippen molar-refractivity contribution in [2.24, 2.45) is 0 Å². The number of nitrogens with one attached hydrogen (secondary N) is 1. The fourth-order valence-electron chi connectivity index (χ4n) is 1.58. The zero-order valence-electron chi connectivity index (χ0n) is 9.59. The van der Waals surface area contributed by atoms with Crippen LogP contribution in [-0.2, 0) is 11.2 Å². The van der Waals surface area contributed by atoms with E-state index in [4.69, 9.17) is 4.74 Å². The highest BCUT2D eigenvalue weighted by molar-refractivity contribution is 5.19. The van der Waals surface area contributed by atoms with Gasteiger partial charge < -0.3 is 10.1 Å². The summed E-state index contributed by atoms with van der Waals surface area (Å²) in [5.74, 6) is -1.54. The van der Waals surface area contributed by atoms with Crippen molar-refractivity contribution in [2.45, 2.75) is 18.9 Å². The van der Waals surface area contributed by atoms with E-state index in [9.17, 15) is 8.78 Å². The van der Waals surface area contributed by atoms with Crippen LogP contribution in [0.1, 0.15) is 12.0 Å². The molecule has 1 atom stereocenters. The van der Waals surface area contributed by atoms with Crippen LogP contribution in [0.3, 0.4) is 0 Å². The van der Waals surface area contributed by atoms with Crippen LogP contribution < -0.4 is 5.32 Å². The molecule has 0 saturated carbocycles. The lowest BCUT2D eigenvalue weighted by molar-refractivity contribution is 0.183. The third-order valence-corrected chi connectivity index (χ3v) is 2.58. The van der Waals surface area contributed by atoms with Crippen molar-refractivity contribution in [3.63, 3.8) is 0 Å². The number of methoxy groups -OCH3 is 1. The monoisotopic (exact) mass is 229 g/mol. The Morgan fingerprint density at radius 1 is 1.38 bits per heavy atom. The van der Waals surface area contributed by atoms with Crippen molar-refractivity contribution >= 4 is 0 Å². The molecule has 0 aromatic heterocycles. The molecule has 0 aliphatic heterocycles. The van der Waals surface area contributed by atoms with E-state index < -0.39 is 11.6 Å². The zero-order valence-corrected chi connectivity index (χ0v) is 9.59. The van der Waals surface area contributed by atoms with Crippen LogP contribution in [0.5, 0.6) is 0 Å². The summed E-state index contributed by atoms with van der Waals surface area (Å²) in [7, 11) is 3.42. The molecular formula is C12H17F2NO. The Kier molecular flexibility index (Phi) is 5.35. The Hall–Kier alpha value is -1.00. The number of hydrogen-bond acceptors (Lipinski definition) is 2. The van der Waals surface area contributed by atoms with Crippen LogP contribution in [0, 0.1) is 11.6 Å². The molecule has 0 saturated heterocycles. The molecule has 0 spiro atoms. The maximum atomic E-state index is 13.4. The third kappa shape index (κ3) is 3.54. The lowest BCUT2D eigenvalue weighted by Gasteiger charge is -2.16. The van der Waals surface area contributed by atoms with E-state index >= 15 is 0 Å². The maximum absolute atomic E-state index is 13.4. The minimum atomic E-state index is -0.793. The van der Waals surface area contributed by atoms with Crippen molar-refractivity contribution in [1.29, 1.82) is 0 Å². The van der Waals surface area contributed by atoms with Gasteiger partial charge in [-0.2, -0.15) is 0 Å². The predicted octanol–water partition coefficient (Wildman–Crippen LogP) is 2.13. The van der Waals surface area contributed by atoms with Gasteiger partial charge in [0.2, 0.25) is 0 Å². The SMILES string of the molecule is CNC(CCOC)Cc1cccc(F)c1F. The van der Waals surface area contributed by atoms with Gasteiger partial charge in [0.15, 0.2) is 11.6 Å². The minimum Gasteiger partial charge on any atom is -0.385 e. The fraction of sp³-hybridized carbons (Fsp3) is 0.500. The number of hydrogen-bond donors (Lipinski definition) is 1. The molecule has 1 aromatic rings. The molecule has 0 radical (unpaired) electrons. The van der Waals surface area contributed by atoms with Gasteiger partial charge in [-0.15, -0.1) is 0 Å². The van der Waals surface area contributed by atoms with Crippen molar-refractivity contribution in [3.05, 3.63) is 35.4 Å². The van der Waals surface area contributed by atoms with Crippen molar-refractivity contribution in [1.82, 2.24) is 5.32 Å². The van der Waals surface area contributed by atoms with E-state index in [1.54, 1.807) is 20.2 Å². The predicted molar refractivity (Wildman–Crippen MR) is 59.4 cm³/mol. The van der Waals surface area contributed by atoms with Crippen molar-refractivity contribution < 1.29 is 13.5 Å². The van der Waals surface area contributed by atoms with Crippen LogP contribution in [0.2, 0.25) is 0 Å². The summed E-state index contributed by atoms with van der Waals surface area (Å²) in [5.41, 5.74) is 0.399. The number of ether oxygens (including phenoxy) is 1. The summed E-state index contributed by atoms with van der Waals surface area (Å²) < 4.78 is 31.3. The topological polar surface area (TPSA) is 21.3 Å². The molecule has 0 fully saturated rings. The van der Waals surface area contributed by atoms with Crippen LogP contribution in [0.25, 0.3) is 0 Å². The molecule has 0 aliphatic rings. The highest BCUT2D eigenvalue weighted by Gasteiger charge is 2.12. The first-order valence-electron chi connectivity index (χ1n) is 5.28. The molecule has 1 rings (SSSR count). The first-order valence-corrected chi connectivity index (χ1v) is 5.28. The van der Waals surface area contributed by atoms with Gasteiger partial charge in [0, 0.05) is 19.8 Å². The van der Waals surface area contributed by atoms with E-state index in [0.717, 1.165) is 12.5 Å². The second-order valence-electron chi connectivity index (χ2n) is 3.68. The van der Waals surface area contributed by atoms with Gasteiger partial charge in [-0.3, -0.25) is 0 Å². The van der Waals surface area contributed by atoms with Gasteiger partial charge in [-0.05, 0) is 31.5 Å². The van der Waals surface area contributed by atoms with Gasteiger partial charge in [0.25, 0.3) is 0 Å².